The molecule has 0 bridgehead atoms. The standard InChI is InChI=1S/C4H2O5/c5-3-1-2-4(6)8-9-7-3/h1-2H. The maximum absolute atomic E-state index is 10.2. The average Bonchev–Trinajstić information content (AvgIpc) is 1.97. The summed E-state index contributed by atoms with van der Waals surface area (Å²) in [5.74, 6) is -1.55. The van der Waals surface area contributed by atoms with E-state index in [-0.39, 0.29) is 0 Å². The lowest BCUT2D eigenvalue weighted by atomic mass is 10.5. The molecular weight excluding hydrogens is 128 g/mol. The minimum atomic E-state index is -0.777. The van der Waals surface area contributed by atoms with Crippen LogP contribution < -0.4 is 0 Å². The lowest BCUT2D eigenvalue weighted by molar-refractivity contribution is -0.454. The molecule has 0 saturated heterocycles. The van der Waals surface area contributed by atoms with E-state index >= 15 is 0 Å². The van der Waals surface area contributed by atoms with Crippen molar-refractivity contribution >= 4 is 11.9 Å². The molecule has 0 aromatic carbocycles. The average molecular weight is 130 g/mol. The van der Waals surface area contributed by atoms with E-state index in [1.54, 1.807) is 0 Å². The van der Waals surface area contributed by atoms with Gasteiger partial charge in [0.2, 0.25) is 0 Å². The molecule has 48 valence electrons. The molecule has 1 rings (SSSR count). The summed E-state index contributed by atoms with van der Waals surface area (Å²) in [5, 5.41) is 3.66. The second-order valence-corrected chi connectivity index (χ2v) is 1.21. The van der Waals surface area contributed by atoms with E-state index < -0.39 is 11.9 Å². The molecule has 1 aliphatic heterocycles. The highest BCUT2D eigenvalue weighted by Crippen LogP contribution is 1.93. The van der Waals surface area contributed by atoms with Gasteiger partial charge in [0.1, 0.15) is 0 Å². The van der Waals surface area contributed by atoms with Gasteiger partial charge >= 0.3 is 11.9 Å². The summed E-state index contributed by atoms with van der Waals surface area (Å²) in [7, 11) is 0. The predicted molar refractivity (Wildman–Crippen MR) is 22.4 cm³/mol. The Hall–Kier alpha value is -1.36. The van der Waals surface area contributed by atoms with Gasteiger partial charge in [0.15, 0.2) is 0 Å². The zero-order valence-corrected chi connectivity index (χ0v) is 4.20. The fourth-order valence-electron chi connectivity index (χ4n) is 0.276. The summed E-state index contributed by atoms with van der Waals surface area (Å²) >= 11 is 0. The molecule has 0 aromatic heterocycles. The molecule has 0 amide bonds. The highest BCUT2D eigenvalue weighted by molar-refractivity contribution is 5.91. The minimum absolute atomic E-state index is 0.777. The van der Waals surface area contributed by atoms with Crippen LogP contribution in [0.15, 0.2) is 12.2 Å². The van der Waals surface area contributed by atoms with Crippen molar-refractivity contribution in [2.75, 3.05) is 0 Å². The molecule has 0 fully saturated rings. The minimum Gasteiger partial charge on any atom is -0.255 e. The highest BCUT2D eigenvalue weighted by Gasteiger charge is 2.08. The monoisotopic (exact) mass is 130 g/mol. The quantitative estimate of drug-likeness (QED) is 0.413. The molecule has 0 N–H and O–H groups in total. The zero-order chi connectivity index (χ0) is 6.69. The van der Waals surface area contributed by atoms with Gasteiger partial charge < -0.3 is 0 Å². The van der Waals surface area contributed by atoms with Gasteiger partial charge in [-0.05, 0) is 0 Å². The summed E-state index contributed by atoms with van der Waals surface area (Å²) in [6.45, 7) is 0. The van der Waals surface area contributed by atoms with Crippen molar-refractivity contribution in [1.82, 2.24) is 0 Å². The van der Waals surface area contributed by atoms with Gasteiger partial charge in [-0.1, -0.05) is 0 Å². The Morgan fingerprint density at radius 2 is 1.44 bits per heavy atom. The van der Waals surface area contributed by atoms with Gasteiger partial charge in [-0.2, -0.15) is 0 Å². The maximum atomic E-state index is 10.2. The summed E-state index contributed by atoms with van der Waals surface area (Å²) < 4.78 is 0. The largest absolute Gasteiger partial charge is 0.370 e. The lowest BCUT2D eigenvalue weighted by Crippen LogP contribution is -2.00. The molecule has 1 aliphatic rings. The summed E-state index contributed by atoms with van der Waals surface area (Å²) in [6, 6.07) is 0. The molecule has 0 unspecified atom stereocenters. The van der Waals surface area contributed by atoms with E-state index in [0.29, 0.717) is 0 Å². The SMILES string of the molecule is O=C1C=CC(=O)OOO1. The van der Waals surface area contributed by atoms with Crippen molar-refractivity contribution in [1.29, 1.82) is 0 Å². The molecule has 0 aromatic rings. The van der Waals surface area contributed by atoms with Crippen LogP contribution in [0.1, 0.15) is 0 Å². The molecular formula is C4H2O5. The molecule has 0 spiro atoms. The number of rotatable bonds is 0. The zero-order valence-electron chi connectivity index (χ0n) is 4.20. The third kappa shape index (κ3) is 1.54. The van der Waals surface area contributed by atoms with Gasteiger partial charge in [-0.3, -0.25) is 9.78 Å². The third-order valence-corrected chi connectivity index (χ3v) is 0.588. The van der Waals surface area contributed by atoms with Crippen molar-refractivity contribution in [3.8, 4) is 0 Å². The van der Waals surface area contributed by atoms with Gasteiger partial charge in [0.05, 0.1) is 0 Å². The molecule has 0 atom stereocenters. The van der Waals surface area contributed by atoms with Crippen LogP contribution in [0.25, 0.3) is 0 Å². The van der Waals surface area contributed by atoms with Crippen molar-refractivity contribution in [2.24, 2.45) is 0 Å². The number of carbonyl (C=O) groups is 2. The Morgan fingerprint density at radius 1 is 1.00 bits per heavy atom. The summed E-state index contributed by atoms with van der Waals surface area (Å²) in [4.78, 5) is 27.9. The van der Waals surface area contributed by atoms with Crippen LogP contribution in [0.3, 0.4) is 0 Å². The van der Waals surface area contributed by atoms with E-state index in [2.05, 4.69) is 14.8 Å². The maximum Gasteiger partial charge on any atom is 0.370 e. The van der Waals surface area contributed by atoms with E-state index in [0.717, 1.165) is 12.2 Å². The first-order valence-corrected chi connectivity index (χ1v) is 2.06. The molecule has 1 heterocycles. The van der Waals surface area contributed by atoms with Gasteiger partial charge in [0.25, 0.3) is 0 Å². The molecule has 5 heteroatoms. The molecule has 5 nitrogen and oxygen atoms in total. The Bertz CT molecular complexity index is 152. The molecule has 0 saturated carbocycles. The molecule has 0 radical (unpaired) electrons. The Labute approximate surface area is 49.7 Å². The van der Waals surface area contributed by atoms with Crippen LogP contribution in [0.5, 0.6) is 0 Å². The third-order valence-electron chi connectivity index (χ3n) is 0.588. The molecule has 9 heavy (non-hydrogen) atoms. The number of hydrogen-bond donors (Lipinski definition) is 0. The van der Waals surface area contributed by atoms with E-state index in [9.17, 15) is 9.59 Å². The van der Waals surface area contributed by atoms with Crippen molar-refractivity contribution in [3.63, 3.8) is 0 Å². The van der Waals surface area contributed by atoms with Gasteiger partial charge in [0, 0.05) is 17.2 Å². The normalized spacial score (nSPS) is 18.2. The first-order chi connectivity index (χ1) is 4.29. The van der Waals surface area contributed by atoms with Crippen LogP contribution in [-0.2, 0) is 24.4 Å². The van der Waals surface area contributed by atoms with Gasteiger partial charge in [-0.15, -0.1) is 0 Å². The Balaban J connectivity index is 2.63. The number of hydrogen-bond acceptors (Lipinski definition) is 5. The summed E-state index contributed by atoms with van der Waals surface area (Å²) in [6.07, 6.45) is 1.80. The van der Waals surface area contributed by atoms with Gasteiger partial charge in [-0.25, -0.2) is 9.59 Å². The fraction of sp³-hybridized carbons (Fsp3) is 0. The first-order valence-electron chi connectivity index (χ1n) is 2.06. The lowest BCUT2D eigenvalue weighted by Gasteiger charge is -1.90. The second kappa shape index (κ2) is 2.27. The first kappa shape index (κ1) is 5.77. The number of carbonyl (C=O) groups excluding carboxylic acids is 2. The fourth-order valence-corrected chi connectivity index (χ4v) is 0.276. The van der Waals surface area contributed by atoms with Crippen LogP contribution in [0.4, 0.5) is 0 Å². The van der Waals surface area contributed by atoms with Crippen LogP contribution >= 0.6 is 0 Å². The van der Waals surface area contributed by atoms with E-state index in [4.69, 9.17) is 0 Å². The van der Waals surface area contributed by atoms with E-state index in [1.165, 1.54) is 0 Å². The Kier molecular flexibility index (Phi) is 1.46. The smallest absolute Gasteiger partial charge is 0.255 e. The molecule has 0 aliphatic carbocycles. The van der Waals surface area contributed by atoms with Crippen molar-refractivity contribution in [3.05, 3.63) is 12.2 Å². The topological polar surface area (TPSA) is 61.8 Å². The van der Waals surface area contributed by atoms with Crippen molar-refractivity contribution < 1.29 is 24.4 Å². The van der Waals surface area contributed by atoms with Crippen LogP contribution in [0.2, 0.25) is 0 Å². The summed E-state index contributed by atoms with van der Waals surface area (Å²) in [5.41, 5.74) is 0. The second-order valence-electron chi connectivity index (χ2n) is 1.21. The van der Waals surface area contributed by atoms with Crippen LogP contribution in [0, 0.1) is 0 Å². The Morgan fingerprint density at radius 3 is 1.89 bits per heavy atom. The highest BCUT2D eigenvalue weighted by atomic mass is 17.5. The predicted octanol–water partition coefficient (Wildman–Crippen LogP) is -0.511. The van der Waals surface area contributed by atoms with Crippen LogP contribution in [-0.4, -0.2) is 11.9 Å². The van der Waals surface area contributed by atoms with Crippen molar-refractivity contribution in [2.45, 2.75) is 0 Å². The van der Waals surface area contributed by atoms with E-state index in [1.807, 2.05) is 0 Å².